The maximum Gasteiger partial charge on any atom is 0.221 e. The summed E-state index contributed by atoms with van der Waals surface area (Å²) in [6.45, 7) is 1.46. The Kier molecular flexibility index (Phi) is 4.81. The average Bonchev–Trinajstić information content (AvgIpc) is 3.47. The van der Waals surface area contributed by atoms with Crippen LogP contribution in [0.2, 0.25) is 0 Å². The number of carbonyl (C=O) groups is 1. The molecule has 9 heteroatoms. The van der Waals surface area contributed by atoms with Crippen LogP contribution in [0.3, 0.4) is 0 Å². The molecule has 0 aliphatic carbocycles. The molecule has 0 radical (unpaired) electrons. The highest BCUT2D eigenvalue weighted by atomic mass is 19.1. The first-order valence-corrected chi connectivity index (χ1v) is 10.9. The van der Waals surface area contributed by atoms with Crippen molar-refractivity contribution in [3.8, 4) is 33.8 Å². The molecule has 0 fully saturated rings. The van der Waals surface area contributed by atoms with Crippen molar-refractivity contribution in [1.29, 1.82) is 0 Å². The van der Waals surface area contributed by atoms with Gasteiger partial charge in [0.2, 0.25) is 5.91 Å². The van der Waals surface area contributed by atoms with Gasteiger partial charge in [0, 0.05) is 35.8 Å². The van der Waals surface area contributed by atoms with Crippen molar-refractivity contribution in [1.82, 2.24) is 30.1 Å². The summed E-state index contributed by atoms with van der Waals surface area (Å²) in [4.78, 5) is 28.1. The molecule has 6 aromatic rings. The first-order valence-electron chi connectivity index (χ1n) is 10.9. The zero-order valence-corrected chi connectivity index (χ0v) is 18.5. The fourth-order valence-corrected chi connectivity index (χ4v) is 4.16. The zero-order valence-electron chi connectivity index (χ0n) is 18.5. The molecule has 3 N–H and O–H groups in total. The summed E-state index contributed by atoms with van der Waals surface area (Å²) in [5.74, 6) is 0.0728. The molecule has 2 aromatic carbocycles. The number of rotatable bonds is 4. The number of imidazole rings is 1. The van der Waals surface area contributed by atoms with E-state index in [9.17, 15) is 9.18 Å². The molecule has 0 atom stereocenters. The number of nitrogens with one attached hydrogen (secondary N) is 3. The maximum atomic E-state index is 13.8. The molecular formula is C26H18FN7O. The minimum atomic E-state index is -0.314. The quantitative estimate of drug-likeness (QED) is 0.327. The van der Waals surface area contributed by atoms with Gasteiger partial charge in [0.1, 0.15) is 17.0 Å². The van der Waals surface area contributed by atoms with Crippen molar-refractivity contribution in [3.63, 3.8) is 0 Å². The van der Waals surface area contributed by atoms with Crippen molar-refractivity contribution in [3.05, 3.63) is 79.0 Å². The highest BCUT2D eigenvalue weighted by Gasteiger charge is 2.17. The van der Waals surface area contributed by atoms with E-state index in [1.54, 1.807) is 24.7 Å². The molecule has 4 aromatic heterocycles. The number of hydrogen-bond acceptors (Lipinski definition) is 5. The number of fused-ring (bicyclic) bond motifs is 2. The van der Waals surface area contributed by atoms with E-state index in [-0.39, 0.29) is 11.7 Å². The molecule has 8 nitrogen and oxygen atoms in total. The topological polar surface area (TPSA) is 112 Å². The van der Waals surface area contributed by atoms with Crippen molar-refractivity contribution in [2.75, 3.05) is 5.32 Å². The third kappa shape index (κ3) is 3.78. The Hall–Kier alpha value is -4.92. The van der Waals surface area contributed by atoms with Gasteiger partial charge in [-0.3, -0.25) is 14.9 Å². The van der Waals surface area contributed by atoms with Gasteiger partial charge in [0.25, 0.3) is 0 Å². The molecule has 0 saturated heterocycles. The standard InChI is InChI=1S/C26H18FN7O/c1-14(35)30-19-10-17(12-28-13-19)15-5-6-22-21(11-15)24(34-33-22)26-31-23-20(7-8-29-25(23)32-26)16-3-2-4-18(27)9-16/h2-13H,1H3,(H,30,35)(H,33,34)(H,29,31,32). The van der Waals surface area contributed by atoms with Gasteiger partial charge in [0.15, 0.2) is 11.5 Å². The maximum absolute atomic E-state index is 13.8. The van der Waals surface area contributed by atoms with E-state index in [0.717, 1.165) is 33.2 Å². The number of carbonyl (C=O) groups excluding carboxylic acids is 1. The normalized spacial score (nSPS) is 11.3. The van der Waals surface area contributed by atoms with Crippen LogP contribution in [-0.2, 0) is 4.79 Å². The van der Waals surface area contributed by atoms with Crippen LogP contribution in [0.25, 0.3) is 55.8 Å². The van der Waals surface area contributed by atoms with Gasteiger partial charge < -0.3 is 10.3 Å². The number of nitrogens with zero attached hydrogens (tertiary/aromatic N) is 4. The van der Waals surface area contributed by atoms with E-state index in [2.05, 4.69) is 30.5 Å². The van der Waals surface area contributed by atoms with Crippen molar-refractivity contribution >= 4 is 33.7 Å². The summed E-state index contributed by atoms with van der Waals surface area (Å²) in [5.41, 5.74) is 6.57. The van der Waals surface area contributed by atoms with Gasteiger partial charge in [-0.25, -0.2) is 14.4 Å². The molecule has 0 spiro atoms. The van der Waals surface area contributed by atoms with Crippen LogP contribution in [0, 0.1) is 5.82 Å². The average molecular weight is 463 g/mol. The van der Waals surface area contributed by atoms with Crippen LogP contribution in [0.15, 0.2) is 73.2 Å². The number of anilines is 1. The van der Waals surface area contributed by atoms with Crippen LogP contribution in [0.5, 0.6) is 0 Å². The molecule has 4 heterocycles. The van der Waals surface area contributed by atoms with E-state index >= 15 is 0 Å². The lowest BCUT2D eigenvalue weighted by atomic mass is 10.0. The van der Waals surface area contributed by atoms with Gasteiger partial charge in [0.05, 0.1) is 17.4 Å². The number of halogens is 1. The number of benzene rings is 2. The summed E-state index contributed by atoms with van der Waals surface area (Å²) >= 11 is 0. The minimum Gasteiger partial charge on any atom is -0.325 e. The molecule has 1 amide bonds. The van der Waals surface area contributed by atoms with E-state index in [4.69, 9.17) is 4.98 Å². The van der Waals surface area contributed by atoms with Crippen LogP contribution in [0.4, 0.5) is 10.1 Å². The van der Waals surface area contributed by atoms with Crippen LogP contribution < -0.4 is 5.32 Å². The van der Waals surface area contributed by atoms with Gasteiger partial charge in [-0.05, 0) is 47.5 Å². The van der Waals surface area contributed by atoms with E-state index in [1.165, 1.54) is 19.1 Å². The highest BCUT2D eigenvalue weighted by molar-refractivity contribution is 5.97. The Morgan fingerprint density at radius 2 is 1.91 bits per heavy atom. The number of aromatic amines is 2. The van der Waals surface area contributed by atoms with Crippen molar-refractivity contribution < 1.29 is 9.18 Å². The molecule has 35 heavy (non-hydrogen) atoms. The lowest BCUT2D eigenvalue weighted by Crippen LogP contribution is -2.05. The van der Waals surface area contributed by atoms with Crippen LogP contribution in [0.1, 0.15) is 6.92 Å². The van der Waals surface area contributed by atoms with Gasteiger partial charge in [-0.2, -0.15) is 5.10 Å². The zero-order chi connectivity index (χ0) is 23.9. The van der Waals surface area contributed by atoms with Crippen molar-refractivity contribution in [2.45, 2.75) is 6.92 Å². The van der Waals surface area contributed by atoms with E-state index in [1.807, 2.05) is 36.4 Å². The summed E-state index contributed by atoms with van der Waals surface area (Å²) in [6.07, 6.45) is 5.01. The first-order chi connectivity index (χ1) is 17.0. The largest absolute Gasteiger partial charge is 0.325 e. The lowest BCUT2D eigenvalue weighted by molar-refractivity contribution is -0.114. The number of H-pyrrole nitrogens is 2. The fraction of sp³-hybridized carbons (Fsp3) is 0.0385. The SMILES string of the molecule is CC(=O)Nc1cncc(-c2ccc3[nH]nc(-c4nc5c(-c6cccc(F)c6)ccnc5[nH]4)c3c2)c1. The molecule has 0 saturated carbocycles. The second-order valence-electron chi connectivity index (χ2n) is 8.13. The van der Waals surface area contributed by atoms with Crippen LogP contribution >= 0.6 is 0 Å². The van der Waals surface area contributed by atoms with Crippen molar-refractivity contribution in [2.24, 2.45) is 0 Å². The molecule has 6 rings (SSSR count). The summed E-state index contributed by atoms with van der Waals surface area (Å²) in [5, 5.41) is 11.2. The summed E-state index contributed by atoms with van der Waals surface area (Å²) in [7, 11) is 0. The fourth-order valence-electron chi connectivity index (χ4n) is 4.16. The third-order valence-corrected chi connectivity index (χ3v) is 5.70. The molecule has 0 bridgehead atoms. The first kappa shape index (κ1) is 20.7. The van der Waals surface area contributed by atoms with E-state index < -0.39 is 0 Å². The smallest absolute Gasteiger partial charge is 0.221 e. The number of pyridine rings is 2. The lowest BCUT2D eigenvalue weighted by Gasteiger charge is -2.06. The van der Waals surface area contributed by atoms with Gasteiger partial charge in [-0.1, -0.05) is 18.2 Å². The van der Waals surface area contributed by atoms with Gasteiger partial charge in [-0.15, -0.1) is 0 Å². The second-order valence-corrected chi connectivity index (χ2v) is 8.13. The van der Waals surface area contributed by atoms with Crippen LogP contribution in [-0.4, -0.2) is 36.0 Å². The molecule has 0 unspecified atom stereocenters. The monoisotopic (exact) mass is 463 g/mol. The number of hydrogen-bond donors (Lipinski definition) is 3. The van der Waals surface area contributed by atoms with Gasteiger partial charge >= 0.3 is 0 Å². The Morgan fingerprint density at radius 1 is 1.00 bits per heavy atom. The molecule has 170 valence electrons. The summed E-state index contributed by atoms with van der Waals surface area (Å²) in [6, 6.07) is 16.0. The highest BCUT2D eigenvalue weighted by Crippen LogP contribution is 2.33. The van der Waals surface area contributed by atoms with E-state index in [0.29, 0.717) is 28.4 Å². The summed E-state index contributed by atoms with van der Waals surface area (Å²) < 4.78 is 13.8. The molecule has 0 aliphatic rings. The molecule has 0 aliphatic heterocycles. The number of aromatic nitrogens is 6. The molecular weight excluding hydrogens is 445 g/mol. The predicted octanol–water partition coefficient (Wildman–Crippen LogP) is 5.33. The third-order valence-electron chi connectivity index (χ3n) is 5.70. The Morgan fingerprint density at radius 3 is 2.77 bits per heavy atom. The second kappa shape index (κ2) is 8.14. The number of amides is 1. The Bertz CT molecular complexity index is 1740. The predicted molar refractivity (Wildman–Crippen MR) is 132 cm³/mol. The Balaban J connectivity index is 1.45. The minimum absolute atomic E-state index is 0.160. The Labute approximate surface area is 198 Å².